The Kier molecular flexibility index (Phi) is 4.44. The third-order valence-corrected chi connectivity index (χ3v) is 3.02. The first-order chi connectivity index (χ1) is 9.99. The lowest BCUT2D eigenvalue weighted by Gasteiger charge is -2.19. The number of hydrazine groups is 1. The second-order valence-electron chi connectivity index (χ2n) is 4.25. The molecular weight excluding hydrogens is 288 g/mol. The minimum absolute atomic E-state index is 0.101. The largest absolute Gasteiger partial charge is 0.494 e. The number of nitrogens with two attached hydrogens (primary N) is 1. The Morgan fingerprint density at radius 3 is 2.24 bits per heavy atom. The molecule has 2 rings (SSSR count). The Morgan fingerprint density at radius 1 is 1.10 bits per heavy atom. The second-order valence-corrected chi connectivity index (χ2v) is 4.25. The summed E-state index contributed by atoms with van der Waals surface area (Å²) in [6.07, 6.45) is 0. The molecule has 0 aliphatic rings. The van der Waals surface area contributed by atoms with E-state index < -0.39 is 34.9 Å². The molecule has 112 valence electrons. The van der Waals surface area contributed by atoms with Crippen LogP contribution in [0, 0.1) is 23.3 Å². The highest BCUT2D eigenvalue weighted by Crippen LogP contribution is 2.31. The number of hydrogen-bond donors (Lipinski definition) is 2. The number of nitrogens with one attached hydrogen (secondary N) is 1. The summed E-state index contributed by atoms with van der Waals surface area (Å²) in [5, 5.41) is 0. The van der Waals surface area contributed by atoms with Crippen molar-refractivity contribution >= 4 is 0 Å². The van der Waals surface area contributed by atoms with Gasteiger partial charge in [0, 0.05) is 23.3 Å². The van der Waals surface area contributed by atoms with Crippen molar-refractivity contribution in [3.63, 3.8) is 0 Å². The van der Waals surface area contributed by atoms with Crippen LogP contribution in [0.5, 0.6) is 5.75 Å². The molecule has 1 atom stereocenters. The zero-order chi connectivity index (χ0) is 15.6. The molecule has 0 fully saturated rings. The van der Waals surface area contributed by atoms with Crippen molar-refractivity contribution in [2.24, 2.45) is 5.84 Å². The van der Waals surface area contributed by atoms with E-state index in [-0.39, 0.29) is 11.3 Å². The number of methoxy groups -OCH3 is 1. The first-order valence-electron chi connectivity index (χ1n) is 5.92. The van der Waals surface area contributed by atoms with Crippen LogP contribution in [0.25, 0.3) is 0 Å². The highest BCUT2D eigenvalue weighted by molar-refractivity contribution is 5.39. The number of halogens is 4. The van der Waals surface area contributed by atoms with Crippen molar-refractivity contribution in [2.75, 3.05) is 7.11 Å². The highest BCUT2D eigenvalue weighted by Gasteiger charge is 2.25. The SMILES string of the molecule is COc1cccc(C(NN)c2c(F)cc(F)cc2F)c1F. The number of rotatable bonds is 4. The summed E-state index contributed by atoms with van der Waals surface area (Å²) in [5.41, 5.74) is 1.43. The molecule has 0 amide bonds. The van der Waals surface area contributed by atoms with E-state index in [2.05, 4.69) is 5.43 Å². The van der Waals surface area contributed by atoms with Crippen LogP contribution in [0.2, 0.25) is 0 Å². The van der Waals surface area contributed by atoms with E-state index >= 15 is 0 Å². The van der Waals surface area contributed by atoms with Crippen molar-refractivity contribution < 1.29 is 22.3 Å². The van der Waals surface area contributed by atoms with E-state index in [0.29, 0.717) is 12.1 Å². The van der Waals surface area contributed by atoms with Crippen LogP contribution in [0.4, 0.5) is 17.6 Å². The van der Waals surface area contributed by atoms with Crippen LogP contribution in [0.1, 0.15) is 17.2 Å². The molecule has 2 aromatic carbocycles. The average Bonchev–Trinajstić information content (AvgIpc) is 2.43. The lowest BCUT2D eigenvalue weighted by Crippen LogP contribution is -2.31. The van der Waals surface area contributed by atoms with Gasteiger partial charge >= 0.3 is 0 Å². The lowest BCUT2D eigenvalue weighted by atomic mass is 9.97. The monoisotopic (exact) mass is 300 g/mol. The number of benzene rings is 2. The minimum Gasteiger partial charge on any atom is -0.494 e. The van der Waals surface area contributed by atoms with E-state index in [1.54, 1.807) is 0 Å². The fourth-order valence-corrected chi connectivity index (χ4v) is 2.07. The van der Waals surface area contributed by atoms with Gasteiger partial charge in [-0.15, -0.1) is 0 Å². The maximum Gasteiger partial charge on any atom is 0.170 e. The fraction of sp³-hybridized carbons (Fsp3) is 0.143. The van der Waals surface area contributed by atoms with Gasteiger partial charge in [0.05, 0.1) is 13.2 Å². The molecule has 0 aliphatic heterocycles. The molecule has 7 heteroatoms. The topological polar surface area (TPSA) is 47.3 Å². The molecular formula is C14H12F4N2O. The van der Waals surface area contributed by atoms with E-state index in [9.17, 15) is 17.6 Å². The molecule has 0 aromatic heterocycles. The van der Waals surface area contributed by atoms with Gasteiger partial charge in [0.2, 0.25) is 0 Å². The molecule has 3 N–H and O–H groups in total. The third kappa shape index (κ3) is 2.84. The normalized spacial score (nSPS) is 12.3. The van der Waals surface area contributed by atoms with Crippen LogP contribution in [0.15, 0.2) is 30.3 Å². The van der Waals surface area contributed by atoms with E-state index in [1.807, 2.05) is 0 Å². The Morgan fingerprint density at radius 2 is 1.71 bits per heavy atom. The molecule has 0 spiro atoms. The van der Waals surface area contributed by atoms with Gasteiger partial charge in [-0.25, -0.2) is 23.0 Å². The smallest absolute Gasteiger partial charge is 0.170 e. The molecule has 0 radical (unpaired) electrons. The Balaban J connectivity index is 2.61. The summed E-state index contributed by atoms with van der Waals surface area (Å²) >= 11 is 0. The molecule has 0 saturated carbocycles. The molecule has 21 heavy (non-hydrogen) atoms. The summed E-state index contributed by atoms with van der Waals surface area (Å²) in [5.74, 6) is 0.962. The van der Waals surface area contributed by atoms with Crippen molar-refractivity contribution in [2.45, 2.75) is 6.04 Å². The zero-order valence-corrected chi connectivity index (χ0v) is 11.0. The molecule has 0 bridgehead atoms. The summed E-state index contributed by atoms with van der Waals surface area (Å²) in [7, 11) is 1.26. The minimum atomic E-state index is -1.33. The Labute approximate surface area is 118 Å². The second kappa shape index (κ2) is 6.11. The van der Waals surface area contributed by atoms with Crippen LogP contribution in [-0.4, -0.2) is 7.11 Å². The quantitative estimate of drug-likeness (QED) is 0.518. The van der Waals surface area contributed by atoms with E-state index in [1.165, 1.54) is 25.3 Å². The van der Waals surface area contributed by atoms with Gasteiger partial charge < -0.3 is 4.74 Å². The predicted molar refractivity (Wildman–Crippen MR) is 68.4 cm³/mol. The zero-order valence-electron chi connectivity index (χ0n) is 11.0. The number of hydrogen-bond acceptors (Lipinski definition) is 3. The molecule has 0 aliphatic carbocycles. The van der Waals surface area contributed by atoms with Crippen LogP contribution in [-0.2, 0) is 0 Å². The number of ether oxygens (including phenoxy) is 1. The van der Waals surface area contributed by atoms with Crippen molar-refractivity contribution in [3.05, 3.63) is 64.7 Å². The lowest BCUT2D eigenvalue weighted by molar-refractivity contribution is 0.380. The first-order valence-corrected chi connectivity index (χ1v) is 5.92. The van der Waals surface area contributed by atoms with Crippen LogP contribution < -0.4 is 16.0 Å². The predicted octanol–water partition coefficient (Wildman–Crippen LogP) is 2.80. The molecule has 0 saturated heterocycles. The van der Waals surface area contributed by atoms with Gasteiger partial charge in [0.15, 0.2) is 11.6 Å². The Bertz CT molecular complexity index is 640. The van der Waals surface area contributed by atoms with Crippen molar-refractivity contribution in [3.8, 4) is 5.75 Å². The van der Waals surface area contributed by atoms with E-state index in [4.69, 9.17) is 10.6 Å². The molecule has 0 heterocycles. The van der Waals surface area contributed by atoms with Crippen LogP contribution in [0.3, 0.4) is 0 Å². The summed E-state index contributed by atoms with van der Waals surface area (Å²) in [4.78, 5) is 0. The van der Waals surface area contributed by atoms with Crippen molar-refractivity contribution in [1.29, 1.82) is 0 Å². The van der Waals surface area contributed by atoms with Gasteiger partial charge in [-0.2, -0.15) is 0 Å². The van der Waals surface area contributed by atoms with Gasteiger partial charge in [-0.05, 0) is 6.07 Å². The van der Waals surface area contributed by atoms with Crippen LogP contribution >= 0.6 is 0 Å². The molecule has 1 unspecified atom stereocenters. The highest BCUT2D eigenvalue weighted by atomic mass is 19.1. The fourth-order valence-electron chi connectivity index (χ4n) is 2.07. The summed E-state index contributed by atoms with van der Waals surface area (Å²) in [6, 6.07) is 3.76. The standard InChI is InChI=1S/C14H12F4N2O/c1-21-11-4-2-3-8(13(11)18)14(20-19)12-9(16)5-7(15)6-10(12)17/h2-6,14,20H,19H2,1H3. The van der Waals surface area contributed by atoms with E-state index in [0.717, 1.165) is 0 Å². The molecule has 2 aromatic rings. The average molecular weight is 300 g/mol. The molecule has 3 nitrogen and oxygen atoms in total. The first kappa shape index (κ1) is 15.3. The Hall–Kier alpha value is -2.12. The summed E-state index contributed by atoms with van der Waals surface area (Å²) in [6.45, 7) is 0. The maximum absolute atomic E-state index is 14.2. The van der Waals surface area contributed by atoms with Gasteiger partial charge in [-0.3, -0.25) is 5.84 Å². The summed E-state index contributed by atoms with van der Waals surface area (Å²) < 4.78 is 59.6. The van der Waals surface area contributed by atoms with Gasteiger partial charge in [0.1, 0.15) is 17.5 Å². The van der Waals surface area contributed by atoms with Crippen molar-refractivity contribution in [1.82, 2.24) is 5.43 Å². The maximum atomic E-state index is 14.2. The van der Waals surface area contributed by atoms with Gasteiger partial charge in [-0.1, -0.05) is 12.1 Å². The van der Waals surface area contributed by atoms with Gasteiger partial charge in [0.25, 0.3) is 0 Å². The third-order valence-electron chi connectivity index (χ3n) is 3.02.